The number of hydrogen-bond acceptors (Lipinski definition) is 1. The Morgan fingerprint density at radius 2 is 0.745 bits per heavy atom. The predicted molar refractivity (Wildman–Crippen MR) is 213 cm³/mol. The standard InChI is InChI=1S/C47H30N4/c1-2-10-33(11-3-1)49-45-24-20-32(28-39(45)41-30-48-27-26-47(41)49)31-18-21-34(22-19-31)50-44-17-9-6-14-38(44)40-29-35(23-25-46(40)50)51-42-15-7-4-12-36(42)37-13-5-8-16-43(37)51/h1-30H. The molecule has 0 saturated carbocycles. The van der Waals surface area contributed by atoms with Crippen LogP contribution in [0.25, 0.3) is 93.6 Å². The molecule has 0 fully saturated rings. The molecule has 0 atom stereocenters. The van der Waals surface area contributed by atoms with Crippen LogP contribution >= 0.6 is 0 Å². The second-order valence-corrected chi connectivity index (χ2v) is 13.3. The lowest BCUT2D eigenvalue weighted by atomic mass is 10.0. The minimum Gasteiger partial charge on any atom is -0.309 e. The zero-order valence-corrected chi connectivity index (χ0v) is 27.6. The number of pyridine rings is 1. The molecule has 0 aliphatic heterocycles. The molecule has 7 aromatic carbocycles. The smallest absolute Gasteiger partial charge is 0.0571 e. The molecule has 0 unspecified atom stereocenters. The van der Waals surface area contributed by atoms with Gasteiger partial charge in [-0.3, -0.25) is 4.98 Å². The summed E-state index contributed by atoms with van der Waals surface area (Å²) in [4.78, 5) is 4.49. The largest absolute Gasteiger partial charge is 0.309 e. The first-order chi connectivity index (χ1) is 25.3. The molecule has 0 spiro atoms. The van der Waals surface area contributed by atoms with Gasteiger partial charge in [-0.2, -0.15) is 0 Å². The van der Waals surface area contributed by atoms with Crippen molar-refractivity contribution in [1.29, 1.82) is 0 Å². The van der Waals surface area contributed by atoms with Crippen molar-refractivity contribution in [2.24, 2.45) is 0 Å². The molecule has 0 aliphatic carbocycles. The van der Waals surface area contributed by atoms with Crippen LogP contribution in [-0.2, 0) is 0 Å². The molecule has 4 heteroatoms. The Morgan fingerprint density at radius 3 is 1.41 bits per heavy atom. The molecule has 11 aromatic rings. The summed E-state index contributed by atoms with van der Waals surface area (Å²) in [6, 6.07) is 61.5. The summed E-state index contributed by atoms with van der Waals surface area (Å²) in [6.45, 7) is 0. The second-order valence-electron chi connectivity index (χ2n) is 13.3. The Morgan fingerprint density at radius 1 is 0.294 bits per heavy atom. The molecule has 0 N–H and O–H groups in total. The fourth-order valence-electron chi connectivity index (χ4n) is 8.28. The molecule has 0 amide bonds. The van der Waals surface area contributed by atoms with E-state index in [1.807, 2.05) is 12.4 Å². The molecule has 4 aromatic heterocycles. The van der Waals surface area contributed by atoms with E-state index in [0.29, 0.717) is 0 Å². The highest BCUT2D eigenvalue weighted by molar-refractivity contribution is 6.13. The Bertz CT molecular complexity index is 3070. The minimum absolute atomic E-state index is 1.14. The number of hydrogen-bond donors (Lipinski definition) is 0. The molecular weight excluding hydrogens is 621 g/mol. The van der Waals surface area contributed by atoms with Gasteiger partial charge < -0.3 is 13.7 Å². The molecule has 0 bridgehead atoms. The number of nitrogens with zero attached hydrogens (tertiary/aromatic N) is 4. The van der Waals surface area contributed by atoms with Crippen LogP contribution in [-0.4, -0.2) is 18.7 Å². The molecule has 11 rings (SSSR count). The third kappa shape index (κ3) is 4.11. The molecule has 4 heterocycles. The van der Waals surface area contributed by atoms with Crippen molar-refractivity contribution in [3.8, 4) is 28.2 Å². The van der Waals surface area contributed by atoms with Gasteiger partial charge in [0.15, 0.2) is 0 Å². The van der Waals surface area contributed by atoms with Crippen LogP contribution in [0.4, 0.5) is 0 Å². The SMILES string of the molecule is c1ccc(-n2c3ccncc3c3cc(-c4ccc(-n5c6ccccc6c6cc(-n7c8ccccc8c8ccccc87)ccc65)cc4)ccc32)cc1. The van der Waals surface area contributed by atoms with Crippen molar-refractivity contribution in [3.05, 3.63) is 182 Å². The van der Waals surface area contributed by atoms with E-state index in [2.05, 4.69) is 189 Å². The van der Waals surface area contributed by atoms with Gasteiger partial charge >= 0.3 is 0 Å². The first-order valence-electron chi connectivity index (χ1n) is 17.4. The number of aromatic nitrogens is 4. The van der Waals surface area contributed by atoms with Gasteiger partial charge in [-0.1, -0.05) is 91.0 Å². The summed E-state index contributed by atoms with van der Waals surface area (Å²) >= 11 is 0. The van der Waals surface area contributed by atoms with Gasteiger partial charge in [-0.15, -0.1) is 0 Å². The Labute approximate surface area is 293 Å². The Kier molecular flexibility index (Phi) is 5.92. The molecule has 238 valence electrons. The highest BCUT2D eigenvalue weighted by atomic mass is 15.0. The van der Waals surface area contributed by atoms with Crippen molar-refractivity contribution in [1.82, 2.24) is 18.7 Å². The summed E-state index contributed by atoms with van der Waals surface area (Å²) < 4.78 is 7.12. The number of fused-ring (bicyclic) bond motifs is 9. The second kappa shape index (κ2) is 10.8. The Hall–Kier alpha value is -6.91. The highest BCUT2D eigenvalue weighted by Crippen LogP contribution is 2.38. The highest BCUT2D eigenvalue weighted by Gasteiger charge is 2.17. The maximum Gasteiger partial charge on any atom is 0.0571 e. The van der Waals surface area contributed by atoms with Gasteiger partial charge in [-0.05, 0) is 90.0 Å². The monoisotopic (exact) mass is 650 g/mol. The van der Waals surface area contributed by atoms with E-state index in [-0.39, 0.29) is 0 Å². The first-order valence-corrected chi connectivity index (χ1v) is 17.4. The molecule has 4 nitrogen and oxygen atoms in total. The first kappa shape index (κ1) is 28.0. The van der Waals surface area contributed by atoms with E-state index in [1.54, 1.807) is 0 Å². The maximum absolute atomic E-state index is 4.49. The lowest BCUT2D eigenvalue weighted by molar-refractivity contribution is 1.17. The Balaban J connectivity index is 1.04. The lowest BCUT2D eigenvalue weighted by Crippen LogP contribution is -1.96. The summed E-state index contributed by atoms with van der Waals surface area (Å²) in [5.41, 5.74) is 13.0. The van der Waals surface area contributed by atoms with E-state index >= 15 is 0 Å². The fourth-order valence-corrected chi connectivity index (χ4v) is 8.28. The summed E-state index contributed by atoms with van der Waals surface area (Å²) in [7, 11) is 0. The zero-order chi connectivity index (χ0) is 33.5. The minimum atomic E-state index is 1.14. The third-order valence-electron chi connectivity index (χ3n) is 10.5. The van der Waals surface area contributed by atoms with Crippen LogP contribution in [0.2, 0.25) is 0 Å². The number of para-hydroxylation sites is 4. The molecule has 0 radical (unpaired) electrons. The van der Waals surface area contributed by atoms with Crippen LogP contribution in [0, 0.1) is 0 Å². The van der Waals surface area contributed by atoms with Gasteiger partial charge in [0.2, 0.25) is 0 Å². The van der Waals surface area contributed by atoms with Gasteiger partial charge in [0, 0.05) is 61.8 Å². The van der Waals surface area contributed by atoms with Crippen LogP contribution in [0.3, 0.4) is 0 Å². The van der Waals surface area contributed by atoms with Crippen molar-refractivity contribution >= 4 is 65.4 Å². The number of rotatable bonds is 4. The summed E-state index contributed by atoms with van der Waals surface area (Å²) in [5, 5.41) is 7.38. The van der Waals surface area contributed by atoms with Gasteiger partial charge in [-0.25, -0.2) is 0 Å². The maximum atomic E-state index is 4.49. The lowest BCUT2D eigenvalue weighted by Gasteiger charge is -2.11. The average molecular weight is 651 g/mol. The predicted octanol–water partition coefficient (Wildman–Crippen LogP) is 12.0. The van der Waals surface area contributed by atoms with E-state index in [4.69, 9.17) is 0 Å². The van der Waals surface area contributed by atoms with Crippen molar-refractivity contribution in [3.63, 3.8) is 0 Å². The topological polar surface area (TPSA) is 27.7 Å². The third-order valence-corrected chi connectivity index (χ3v) is 10.5. The van der Waals surface area contributed by atoms with Gasteiger partial charge in [0.05, 0.1) is 33.1 Å². The quantitative estimate of drug-likeness (QED) is 0.186. The van der Waals surface area contributed by atoms with Crippen LogP contribution in [0.5, 0.6) is 0 Å². The van der Waals surface area contributed by atoms with Crippen LogP contribution in [0.15, 0.2) is 182 Å². The van der Waals surface area contributed by atoms with E-state index in [0.717, 1.165) is 28.0 Å². The van der Waals surface area contributed by atoms with Crippen molar-refractivity contribution in [2.45, 2.75) is 0 Å². The normalized spacial score (nSPS) is 11.9. The van der Waals surface area contributed by atoms with Gasteiger partial charge in [0.1, 0.15) is 0 Å². The molecule has 0 aliphatic rings. The average Bonchev–Trinajstić information content (AvgIpc) is 3.84. The number of benzene rings is 7. The summed E-state index contributed by atoms with van der Waals surface area (Å²) in [5.74, 6) is 0. The van der Waals surface area contributed by atoms with Gasteiger partial charge in [0.25, 0.3) is 0 Å². The molecular formula is C47H30N4. The molecule has 0 saturated heterocycles. The van der Waals surface area contributed by atoms with E-state index < -0.39 is 0 Å². The van der Waals surface area contributed by atoms with Crippen LogP contribution in [0.1, 0.15) is 0 Å². The fraction of sp³-hybridized carbons (Fsp3) is 0. The van der Waals surface area contributed by atoms with Crippen molar-refractivity contribution in [2.75, 3.05) is 0 Å². The van der Waals surface area contributed by atoms with E-state index in [1.165, 1.54) is 65.6 Å². The van der Waals surface area contributed by atoms with E-state index in [9.17, 15) is 0 Å². The zero-order valence-electron chi connectivity index (χ0n) is 27.6. The molecule has 51 heavy (non-hydrogen) atoms. The van der Waals surface area contributed by atoms with Crippen molar-refractivity contribution < 1.29 is 0 Å². The summed E-state index contributed by atoms with van der Waals surface area (Å²) in [6.07, 6.45) is 3.86. The van der Waals surface area contributed by atoms with Crippen LogP contribution < -0.4 is 0 Å².